The Kier molecular flexibility index (Phi) is 4.82. The largest absolute Gasteiger partial charge is 0.490 e. The van der Waals surface area contributed by atoms with Crippen LogP contribution in [-0.4, -0.2) is 40.3 Å². The highest BCUT2D eigenvalue weighted by atomic mass is 16.5. The first-order valence-electron chi connectivity index (χ1n) is 9.06. The molecule has 1 saturated heterocycles. The number of carbonyl (C=O) groups excluding carboxylic acids is 1. The Morgan fingerprint density at radius 2 is 2.04 bits per heavy atom. The molecule has 1 aliphatic heterocycles. The van der Waals surface area contributed by atoms with Crippen LogP contribution in [0, 0.1) is 0 Å². The van der Waals surface area contributed by atoms with Gasteiger partial charge in [0, 0.05) is 19.3 Å². The number of rotatable bonds is 4. The van der Waals surface area contributed by atoms with Crippen molar-refractivity contribution < 1.29 is 9.53 Å². The zero-order chi connectivity index (χ0) is 17.8. The van der Waals surface area contributed by atoms with Gasteiger partial charge < -0.3 is 9.64 Å². The summed E-state index contributed by atoms with van der Waals surface area (Å²) in [5.41, 5.74) is 2.52. The number of carbonyl (C=O) groups is 1. The maximum atomic E-state index is 12.3. The van der Waals surface area contributed by atoms with Gasteiger partial charge in [0.15, 0.2) is 5.82 Å². The summed E-state index contributed by atoms with van der Waals surface area (Å²) < 4.78 is 5.86. The van der Waals surface area contributed by atoms with E-state index in [1.807, 2.05) is 17.0 Å². The monoisotopic (exact) mass is 350 g/mol. The molecule has 6 nitrogen and oxygen atoms in total. The fraction of sp³-hybridized carbons (Fsp3) is 0.350. The van der Waals surface area contributed by atoms with Crippen molar-refractivity contribution in [2.24, 2.45) is 0 Å². The number of benzene rings is 1. The molecule has 0 bridgehead atoms. The Balaban J connectivity index is 1.32. The number of aromatic nitrogens is 2. The summed E-state index contributed by atoms with van der Waals surface area (Å²) in [6.07, 6.45) is 8.29. The summed E-state index contributed by atoms with van der Waals surface area (Å²) in [4.78, 5) is 14.1. The first-order chi connectivity index (χ1) is 12.8. The Bertz CT molecular complexity index is 792. The van der Waals surface area contributed by atoms with Gasteiger partial charge in [0.05, 0.1) is 6.10 Å². The summed E-state index contributed by atoms with van der Waals surface area (Å²) in [5.74, 6) is 1.42. The number of ether oxygens (including phenoxy) is 1. The lowest BCUT2D eigenvalue weighted by Crippen LogP contribution is -2.39. The first-order valence-corrected chi connectivity index (χ1v) is 9.06. The standard InChI is InChI=1S/C20H22N4O2/c25-20(22-19-5-2-10-21-23-19)24-11-8-15(9-12-24)13-16-3-1-4-18(14-16)26-17-6-7-17/h1-5,10,13-14,17H,6-9,11-12H2,(H,22,23,25). The van der Waals surface area contributed by atoms with E-state index in [9.17, 15) is 4.79 Å². The molecule has 0 radical (unpaired) electrons. The molecule has 0 unspecified atom stereocenters. The fourth-order valence-corrected chi connectivity index (χ4v) is 2.99. The highest BCUT2D eigenvalue weighted by Gasteiger charge is 2.23. The Morgan fingerprint density at radius 1 is 1.19 bits per heavy atom. The van der Waals surface area contributed by atoms with E-state index in [0.29, 0.717) is 25.0 Å². The first kappa shape index (κ1) is 16.6. The predicted molar refractivity (Wildman–Crippen MR) is 99.9 cm³/mol. The number of hydrogen-bond acceptors (Lipinski definition) is 4. The Hall–Kier alpha value is -2.89. The molecule has 26 heavy (non-hydrogen) atoms. The van der Waals surface area contributed by atoms with Gasteiger partial charge in [0.25, 0.3) is 0 Å². The second kappa shape index (κ2) is 7.56. The average Bonchev–Trinajstić information content (AvgIpc) is 3.47. The van der Waals surface area contributed by atoms with Crippen LogP contribution >= 0.6 is 0 Å². The van der Waals surface area contributed by atoms with Crippen molar-refractivity contribution in [1.29, 1.82) is 0 Å². The van der Waals surface area contributed by atoms with Crippen molar-refractivity contribution in [3.63, 3.8) is 0 Å². The van der Waals surface area contributed by atoms with Crippen LogP contribution < -0.4 is 10.1 Å². The number of hydrogen-bond donors (Lipinski definition) is 1. The molecule has 2 amide bonds. The second-order valence-electron chi connectivity index (χ2n) is 6.72. The molecule has 1 aliphatic carbocycles. The second-order valence-corrected chi connectivity index (χ2v) is 6.72. The van der Waals surface area contributed by atoms with Crippen LogP contribution in [0.4, 0.5) is 10.6 Å². The molecule has 2 aromatic rings. The van der Waals surface area contributed by atoms with E-state index in [1.165, 1.54) is 5.57 Å². The van der Waals surface area contributed by atoms with Crippen LogP contribution in [0.25, 0.3) is 6.08 Å². The lowest BCUT2D eigenvalue weighted by Gasteiger charge is -2.28. The molecular weight excluding hydrogens is 328 g/mol. The zero-order valence-corrected chi connectivity index (χ0v) is 14.6. The predicted octanol–water partition coefficient (Wildman–Crippen LogP) is 3.73. The Morgan fingerprint density at radius 3 is 2.77 bits per heavy atom. The minimum Gasteiger partial charge on any atom is -0.490 e. The third kappa shape index (κ3) is 4.39. The van der Waals surface area contributed by atoms with Crippen LogP contribution in [0.3, 0.4) is 0 Å². The van der Waals surface area contributed by atoms with E-state index < -0.39 is 0 Å². The van der Waals surface area contributed by atoms with E-state index in [-0.39, 0.29) is 6.03 Å². The van der Waals surface area contributed by atoms with Crippen molar-refractivity contribution >= 4 is 17.9 Å². The summed E-state index contributed by atoms with van der Waals surface area (Å²) in [6.45, 7) is 1.41. The molecule has 2 aliphatic rings. The van der Waals surface area contributed by atoms with Gasteiger partial charge in [0.1, 0.15) is 5.75 Å². The van der Waals surface area contributed by atoms with E-state index in [1.54, 1.807) is 18.3 Å². The van der Waals surface area contributed by atoms with E-state index in [4.69, 9.17) is 4.74 Å². The van der Waals surface area contributed by atoms with E-state index in [0.717, 1.165) is 37.0 Å². The van der Waals surface area contributed by atoms with Crippen molar-refractivity contribution in [2.45, 2.75) is 31.8 Å². The summed E-state index contributed by atoms with van der Waals surface area (Å²) in [6, 6.07) is 11.6. The van der Waals surface area contributed by atoms with Crippen molar-refractivity contribution in [3.8, 4) is 5.75 Å². The maximum absolute atomic E-state index is 12.3. The third-order valence-corrected chi connectivity index (χ3v) is 4.56. The molecular formula is C20H22N4O2. The van der Waals surface area contributed by atoms with Crippen LogP contribution in [0.2, 0.25) is 0 Å². The van der Waals surface area contributed by atoms with Crippen LogP contribution in [0.15, 0.2) is 48.2 Å². The quantitative estimate of drug-likeness (QED) is 0.912. The minimum absolute atomic E-state index is 0.121. The zero-order valence-electron chi connectivity index (χ0n) is 14.6. The molecule has 1 aromatic carbocycles. The number of urea groups is 1. The molecule has 1 saturated carbocycles. The minimum atomic E-state index is -0.121. The van der Waals surface area contributed by atoms with Crippen molar-refractivity contribution in [1.82, 2.24) is 15.1 Å². The third-order valence-electron chi connectivity index (χ3n) is 4.56. The van der Waals surface area contributed by atoms with Gasteiger partial charge >= 0.3 is 6.03 Å². The number of amides is 2. The molecule has 0 spiro atoms. The maximum Gasteiger partial charge on any atom is 0.323 e. The van der Waals surface area contributed by atoms with E-state index in [2.05, 4.69) is 33.7 Å². The molecule has 6 heteroatoms. The number of nitrogens with one attached hydrogen (secondary N) is 1. The number of piperidine rings is 1. The molecule has 2 fully saturated rings. The van der Waals surface area contributed by atoms with Gasteiger partial charge in [-0.15, -0.1) is 5.10 Å². The van der Waals surface area contributed by atoms with Gasteiger partial charge in [-0.05, 0) is 55.5 Å². The fourth-order valence-electron chi connectivity index (χ4n) is 2.99. The normalized spacial score (nSPS) is 16.9. The van der Waals surface area contributed by atoms with Gasteiger partial charge in [-0.2, -0.15) is 5.10 Å². The van der Waals surface area contributed by atoms with Gasteiger partial charge in [0.2, 0.25) is 0 Å². The molecule has 1 aromatic heterocycles. The number of anilines is 1. The summed E-state index contributed by atoms with van der Waals surface area (Å²) in [7, 11) is 0. The Labute approximate surface area is 152 Å². The number of nitrogens with zero attached hydrogens (tertiary/aromatic N) is 3. The van der Waals surface area contributed by atoms with Gasteiger partial charge in [-0.1, -0.05) is 23.8 Å². The molecule has 134 valence electrons. The van der Waals surface area contributed by atoms with Crippen molar-refractivity contribution in [3.05, 3.63) is 53.7 Å². The van der Waals surface area contributed by atoms with Crippen LogP contribution in [0.5, 0.6) is 5.75 Å². The molecule has 2 heterocycles. The summed E-state index contributed by atoms with van der Waals surface area (Å²) in [5, 5.41) is 10.4. The molecule has 1 N–H and O–H groups in total. The molecule has 4 rings (SSSR count). The van der Waals surface area contributed by atoms with Gasteiger partial charge in [-0.3, -0.25) is 5.32 Å². The van der Waals surface area contributed by atoms with Crippen LogP contribution in [0.1, 0.15) is 31.2 Å². The lowest BCUT2D eigenvalue weighted by atomic mass is 10.0. The average molecular weight is 350 g/mol. The van der Waals surface area contributed by atoms with E-state index >= 15 is 0 Å². The summed E-state index contributed by atoms with van der Waals surface area (Å²) >= 11 is 0. The highest BCUT2D eigenvalue weighted by molar-refractivity contribution is 5.88. The van der Waals surface area contributed by atoms with Crippen LogP contribution in [-0.2, 0) is 0 Å². The van der Waals surface area contributed by atoms with Gasteiger partial charge in [-0.25, -0.2) is 4.79 Å². The highest BCUT2D eigenvalue weighted by Crippen LogP contribution is 2.28. The topological polar surface area (TPSA) is 67.4 Å². The SMILES string of the molecule is O=C(Nc1cccnn1)N1CCC(=Cc2cccc(OC3CC3)c2)CC1. The smallest absolute Gasteiger partial charge is 0.323 e. The van der Waals surface area contributed by atoms with Crippen molar-refractivity contribution in [2.75, 3.05) is 18.4 Å². The number of likely N-dealkylation sites (tertiary alicyclic amines) is 1. The lowest BCUT2D eigenvalue weighted by molar-refractivity contribution is 0.207. The molecule has 0 atom stereocenters.